The van der Waals surface area contributed by atoms with Crippen LogP contribution in [0.25, 0.3) is 0 Å². The molecule has 0 saturated heterocycles. The van der Waals surface area contributed by atoms with E-state index in [9.17, 15) is 9.59 Å². The number of halogens is 1. The highest BCUT2D eigenvalue weighted by Crippen LogP contribution is 2.37. The number of carbonyl (C=O) groups is 2. The predicted octanol–water partition coefficient (Wildman–Crippen LogP) is 1.31. The lowest BCUT2D eigenvalue weighted by molar-refractivity contribution is -0.140. The Balaban J connectivity index is 2.12. The molecule has 2 rings (SSSR count). The van der Waals surface area contributed by atoms with Crippen LogP contribution >= 0.6 is 11.6 Å². The van der Waals surface area contributed by atoms with Crippen LogP contribution in [0.15, 0.2) is 12.3 Å². The van der Waals surface area contributed by atoms with Crippen molar-refractivity contribution in [2.45, 2.75) is 24.9 Å². The van der Waals surface area contributed by atoms with Crippen molar-refractivity contribution in [1.29, 1.82) is 0 Å². The number of carboxylic acids is 1. The third-order valence-electron chi connectivity index (χ3n) is 2.92. The molecule has 1 amide bonds. The maximum atomic E-state index is 12.1. The normalized spacial score (nSPS) is 16.1. The minimum Gasteiger partial charge on any atom is -0.480 e. The van der Waals surface area contributed by atoms with Crippen molar-refractivity contribution in [3.05, 3.63) is 23.0 Å². The topological polar surface area (TPSA) is 80.6 Å². The summed E-state index contributed by atoms with van der Waals surface area (Å²) in [5.74, 6) is -1.59. The molecule has 1 saturated carbocycles. The van der Waals surface area contributed by atoms with Crippen LogP contribution in [0.3, 0.4) is 0 Å². The Hall–Kier alpha value is -1.53. The Bertz CT molecular complexity index is 496. The minimum atomic E-state index is -1.13. The number of aromatic nitrogens is 1. The number of aliphatic carboxylic acids is 1. The Morgan fingerprint density at radius 2 is 2.32 bits per heavy atom. The van der Waals surface area contributed by atoms with Crippen molar-refractivity contribution >= 4 is 23.5 Å². The van der Waals surface area contributed by atoms with Gasteiger partial charge in [0.25, 0.3) is 5.91 Å². The Morgan fingerprint density at radius 1 is 1.63 bits per heavy atom. The fourth-order valence-electron chi connectivity index (χ4n) is 1.86. The van der Waals surface area contributed by atoms with Crippen LogP contribution in [-0.2, 0) is 9.53 Å². The van der Waals surface area contributed by atoms with Crippen LogP contribution in [0, 0.1) is 0 Å². The summed E-state index contributed by atoms with van der Waals surface area (Å²) in [5, 5.41) is 11.9. The summed E-state index contributed by atoms with van der Waals surface area (Å²) in [6.07, 6.45) is 3.71. The van der Waals surface area contributed by atoms with E-state index in [1.54, 1.807) is 16.8 Å². The predicted molar refractivity (Wildman–Crippen MR) is 68.5 cm³/mol. The molecule has 6 nitrogen and oxygen atoms in total. The van der Waals surface area contributed by atoms with Gasteiger partial charge in [-0.25, -0.2) is 4.79 Å². The number of hydrogen-bond acceptors (Lipinski definition) is 3. The SMILES string of the molecule is COCC(NC(=O)c1cc(Cl)cn1C1CC1)C(=O)O. The van der Waals surface area contributed by atoms with Gasteiger partial charge in [0, 0.05) is 19.3 Å². The Kier molecular flexibility index (Phi) is 4.11. The molecule has 0 bridgehead atoms. The first-order chi connectivity index (χ1) is 9.02. The molecule has 2 N–H and O–H groups in total. The monoisotopic (exact) mass is 286 g/mol. The van der Waals surface area contributed by atoms with Gasteiger partial charge in [-0.1, -0.05) is 11.6 Å². The molecular formula is C12H15ClN2O4. The zero-order chi connectivity index (χ0) is 14.0. The molecule has 1 aliphatic rings. The quantitative estimate of drug-likeness (QED) is 0.826. The van der Waals surface area contributed by atoms with Crippen molar-refractivity contribution in [3.63, 3.8) is 0 Å². The fraction of sp³-hybridized carbons (Fsp3) is 0.500. The molecule has 0 aromatic carbocycles. The van der Waals surface area contributed by atoms with Gasteiger partial charge in [-0.05, 0) is 18.9 Å². The van der Waals surface area contributed by atoms with E-state index in [0.717, 1.165) is 12.8 Å². The van der Waals surface area contributed by atoms with E-state index in [2.05, 4.69) is 5.32 Å². The van der Waals surface area contributed by atoms with Crippen molar-refractivity contribution in [1.82, 2.24) is 9.88 Å². The number of nitrogens with zero attached hydrogens (tertiary/aromatic N) is 1. The Morgan fingerprint density at radius 3 is 2.84 bits per heavy atom. The van der Waals surface area contributed by atoms with Crippen LogP contribution in [0.4, 0.5) is 0 Å². The number of ether oxygens (including phenoxy) is 1. The molecule has 1 fully saturated rings. The summed E-state index contributed by atoms with van der Waals surface area (Å²) in [6, 6.07) is 0.763. The minimum absolute atomic E-state index is 0.0844. The molecule has 1 heterocycles. The van der Waals surface area contributed by atoms with E-state index < -0.39 is 17.9 Å². The largest absolute Gasteiger partial charge is 0.480 e. The van der Waals surface area contributed by atoms with Gasteiger partial charge < -0.3 is 19.7 Å². The van der Waals surface area contributed by atoms with Crippen LogP contribution in [0.1, 0.15) is 29.4 Å². The number of rotatable bonds is 6. The molecule has 104 valence electrons. The highest BCUT2D eigenvalue weighted by atomic mass is 35.5. The first-order valence-corrected chi connectivity index (χ1v) is 6.30. The lowest BCUT2D eigenvalue weighted by Gasteiger charge is -2.14. The molecule has 0 spiro atoms. The number of carbonyl (C=O) groups excluding carboxylic acids is 1. The second-order valence-corrected chi connectivity index (χ2v) is 4.94. The van der Waals surface area contributed by atoms with Crippen molar-refractivity contribution in [2.75, 3.05) is 13.7 Å². The van der Waals surface area contributed by atoms with E-state index >= 15 is 0 Å². The lowest BCUT2D eigenvalue weighted by Crippen LogP contribution is -2.44. The molecular weight excluding hydrogens is 272 g/mol. The molecule has 1 aromatic rings. The standard InChI is InChI=1S/C12H15ClN2O4/c1-19-6-9(12(17)18)14-11(16)10-4-7(13)5-15(10)8-2-3-8/h4-5,8-9H,2-3,6H2,1H3,(H,14,16)(H,17,18). The van der Waals surface area contributed by atoms with E-state index in [1.165, 1.54) is 7.11 Å². The fourth-order valence-corrected chi connectivity index (χ4v) is 2.06. The summed E-state index contributed by atoms with van der Waals surface area (Å²) in [6.45, 7) is -0.0844. The van der Waals surface area contributed by atoms with E-state index in [1.807, 2.05) is 0 Å². The summed E-state index contributed by atoms with van der Waals surface area (Å²) in [4.78, 5) is 23.1. The van der Waals surface area contributed by atoms with Gasteiger partial charge in [-0.2, -0.15) is 0 Å². The van der Waals surface area contributed by atoms with Gasteiger partial charge in [-0.15, -0.1) is 0 Å². The maximum Gasteiger partial charge on any atom is 0.328 e. The summed E-state index contributed by atoms with van der Waals surface area (Å²) < 4.78 is 6.56. The van der Waals surface area contributed by atoms with Gasteiger partial charge in [0.05, 0.1) is 11.6 Å². The molecule has 1 aliphatic carbocycles. The summed E-state index contributed by atoms with van der Waals surface area (Å²) in [5.41, 5.74) is 0.384. The smallest absolute Gasteiger partial charge is 0.328 e. The first-order valence-electron chi connectivity index (χ1n) is 5.93. The highest BCUT2D eigenvalue weighted by Gasteiger charge is 2.29. The average Bonchev–Trinajstić information content (AvgIpc) is 3.11. The van der Waals surface area contributed by atoms with Crippen LogP contribution in [0.2, 0.25) is 5.02 Å². The second kappa shape index (κ2) is 5.63. The first kappa shape index (κ1) is 13.9. The van der Waals surface area contributed by atoms with Crippen molar-refractivity contribution < 1.29 is 19.4 Å². The number of methoxy groups -OCH3 is 1. The van der Waals surface area contributed by atoms with Gasteiger partial charge in [0.1, 0.15) is 5.69 Å². The van der Waals surface area contributed by atoms with Gasteiger partial charge in [-0.3, -0.25) is 4.79 Å². The molecule has 7 heteroatoms. The third kappa shape index (κ3) is 3.27. The molecule has 1 atom stereocenters. The third-order valence-corrected chi connectivity index (χ3v) is 3.13. The van der Waals surface area contributed by atoms with Crippen molar-refractivity contribution in [2.24, 2.45) is 0 Å². The zero-order valence-electron chi connectivity index (χ0n) is 10.4. The molecule has 0 aliphatic heterocycles. The van der Waals surface area contributed by atoms with Gasteiger partial charge >= 0.3 is 5.97 Å². The highest BCUT2D eigenvalue weighted by molar-refractivity contribution is 6.31. The van der Waals surface area contributed by atoms with Crippen LogP contribution in [0.5, 0.6) is 0 Å². The van der Waals surface area contributed by atoms with Crippen LogP contribution < -0.4 is 5.32 Å². The van der Waals surface area contributed by atoms with Crippen LogP contribution in [-0.4, -0.2) is 41.3 Å². The number of carboxylic acid groups (broad SMARTS) is 1. The average molecular weight is 287 g/mol. The van der Waals surface area contributed by atoms with Gasteiger partial charge in [0.15, 0.2) is 6.04 Å². The van der Waals surface area contributed by atoms with Gasteiger partial charge in [0.2, 0.25) is 0 Å². The van der Waals surface area contributed by atoms with E-state index in [0.29, 0.717) is 16.8 Å². The molecule has 0 radical (unpaired) electrons. The molecule has 19 heavy (non-hydrogen) atoms. The van der Waals surface area contributed by atoms with Crippen molar-refractivity contribution in [3.8, 4) is 0 Å². The second-order valence-electron chi connectivity index (χ2n) is 4.50. The number of amides is 1. The Labute approximate surface area is 115 Å². The number of hydrogen-bond donors (Lipinski definition) is 2. The molecule has 1 unspecified atom stereocenters. The van der Waals surface area contributed by atoms with E-state index in [-0.39, 0.29) is 6.61 Å². The number of nitrogens with one attached hydrogen (secondary N) is 1. The zero-order valence-corrected chi connectivity index (χ0v) is 11.2. The lowest BCUT2D eigenvalue weighted by atomic mass is 10.3. The van der Waals surface area contributed by atoms with E-state index in [4.69, 9.17) is 21.4 Å². The summed E-state index contributed by atoms with van der Waals surface area (Å²) >= 11 is 5.90. The maximum absolute atomic E-state index is 12.1. The molecule has 1 aromatic heterocycles. The summed E-state index contributed by atoms with van der Waals surface area (Å²) in [7, 11) is 1.38.